The molecule has 3 nitrogen and oxygen atoms in total. The molecule has 2 aromatic carbocycles. The molecule has 0 radical (unpaired) electrons. The summed E-state index contributed by atoms with van der Waals surface area (Å²) < 4.78 is 18.9. The number of hydrogen-bond acceptors (Lipinski definition) is 3. The lowest BCUT2D eigenvalue weighted by atomic mass is 10.2. The number of nitrogens with two attached hydrogens (primary N) is 1. The molecule has 2 aromatic rings. The average molecular weight is 359 g/mol. The Kier molecular flexibility index (Phi) is 4.62. The minimum Gasteiger partial charge on any atom is -0.457 e. The lowest BCUT2D eigenvalue weighted by Crippen LogP contribution is -2.07. The minimum atomic E-state index is -0.592. The van der Waals surface area contributed by atoms with Crippen LogP contribution in [0, 0.1) is 5.82 Å². The van der Waals surface area contributed by atoms with Gasteiger partial charge in [-0.3, -0.25) is 0 Å². The van der Waals surface area contributed by atoms with Crippen LogP contribution in [0.25, 0.3) is 0 Å². The van der Waals surface area contributed by atoms with Gasteiger partial charge in [0.15, 0.2) is 0 Å². The molecule has 0 aliphatic rings. The molecule has 104 valence electrons. The first-order valence-corrected chi connectivity index (χ1v) is 6.80. The van der Waals surface area contributed by atoms with Gasteiger partial charge in [0.25, 0.3) is 0 Å². The molecular formula is C14H10BrClFNO2. The molecule has 0 fully saturated rings. The Morgan fingerprint density at radius 3 is 2.75 bits per heavy atom. The van der Waals surface area contributed by atoms with Gasteiger partial charge in [-0.15, -0.1) is 0 Å². The van der Waals surface area contributed by atoms with Gasteiger partial charge in [0.05, 0.1) is 10.6 Å². The zero-order valence-electron chi connectivity index (χ0n) is 10.2. The van der Waals surface area contributed by atoms with Crippen molar-refractivity contribution in [1.82, 2.24) is 0 Å². The minimum absolute atomic E-state index is 0.0577. The number of halogens is 3. The van der Waals surface area contributed by atoms with Crippen LogP contribution in [0.4, 0.5) is 10.1 Å². The maximum Gasteiger partial charge on any atom is 0.339 e. The third-order valence-corrected chi connectivity index (χ3v) is 3.67. The van der Waals surface area contributed by atoms with Crippen LogP contribution in [-0.4, -0.2) is 5.97 Å². The Morgan fingerprint density at radius 1 is 1.30 bits per heavy atom. The van der Waals surface area contributed by atoms with Crippen LogP contribution in [0.15, 0.2) is 40.9 Å². The smallest absolute Gasteiger partial charge is 0.339 e. The maximum absolute atomic E-state index is 13.1. The van der Waals surface area contributed by atoms with Crippen molar-refractivity contribution >= 4 is 39.2 Å². The summed E-state index contributed by atoms with van der Waals surface area (Å²) in [7, 11) is 0. The molecule has 0 heterocycles. The number of ether oxygens (including phenoxy) is 1. The number of esters is 1. The molecule has 0 unspecified atom stereocenters. The second-order valence-corrected chi connectivity index (χ2v) is 5.31. The molecule has 0 aliphatic heterocycles. The van der Waals surface area contributed by atoms with Gasteiger partial charge in [0.2, 0.25) is 0 Å². The van der Waals surface area contributed by atoms with Gasteiger partial charge in [0, 0.05) is 15.7 Å². The van der Waals surface area contributed by atoms with Gasteiger partial charge in [-0.05, 0) is 36.4 Å². The van der Waals surface area contributed by atoms with E-state index < -0.39 is 11.8 Å². The number of carbonyl (C=O) groups excluding carboxylic acids is 1. The van der Waals surface area contributed by atoms with E-state index in [0.717, 1.165) is 0 Å². The lowest BCUT2D eigenvalue weighted by Gasteiger charge is -2.08. The third-order valence-electron chi connectivity index (χ3n) is 2.58. The largest absolute Gasteiger partial charge is 0.457 e. The SMILES string of the molecule is Nc1ccc(C(=O)OCc2cc(F)ccc2Br)c(Cl)c1. The van der Waals surface area contributed by atoms with Crippen molar-refractivity contribution < 1.29 is 13.9 Å². The van der Waals surface area contributed by atoms with Crippen LogP contribution < -0.4 is 5.73 Å². The molecule has 0 bridgehead atoms. The fourth-order valence-corrected chi connectivity index (χ4v) is 2.20. The standard InChI is InChI=1S/C14H10BrClFNO2/c15-12-4-1-9(17)5-8(12)7-20-14(19)11-3-2-10(18)6-13(11)16/h1-6H,7,18H2. The lowest BCUT2D eigenvalue weighted by molar-refractivity contribution is 0.0472. The van der Waals surface area contributed by atoms with Crippen molar-refractivity contribution in [2.24, 2.45) is 0 Å². The molecule has 6 heteroatoms. The molecule has 20 heavy (non-hydrogen) atoms. The van der Waals surface area contributed by atoms with Crippen molar-refractivity contribution in [2.75, 3.05) is 5.73 Å². The second-order valence-electron chi connectivity index (χ2n) is 4.05. The van der Waals surface area contributed by atoms with E-state index in [0.29, 0.717) is 15.7 Å². The first kappa shape index (κ1) is 14.8. The Morgan fingerprint density at radius 2 is 2.05 bits per heavy atom. The molecule has 2 rings (SSSR count). The van der Waals surface area contributed by atoms with Crippen molar-refractivity contribution in [2.45, 2.75) is 6.61 Å². The van der Waals surface area contributed by atoms with E-state index in [9.17, 15) is 9.18 Å². The Bertz CT molecular complexity index is 664. The summed E-state index contributed by atoms with van der Waals surface area (Å²) in [5.74, 6) is -0.990. The Balaban J connectivity index is 2.10. The maximum atomic E-state index is 13.1. The summed E-state index contributed by atoms with van der Waals surface area (Å²) in [4.78, 5) is 11.9. The zero-order chi connectivity index (χ0) is 14.7. The van der Waals surface area contributed by atoms with Crippen LogP contribution in [0.3, 0.4) is 0 Å². The van der Waals surface area contributed by atoms with Crippen molar-refractivity contribution in [3.8, 4) is 0 Å². The molecule has 0 aromatic heterocycles. The molecule has 0 spiro atoms. The molecule has 2 N–H and O–H groups in total. The fraction of sp³-hybridized carbons (Fsp3) is 0.0714. The summed E-state index contributed by atoms with van der Waals surface area (Å²) in [5.41, 5.74) is 6.75. The van der Waals surface area contributed by atoms with E-state index >= 15 is 0 Å². The molecular weight excluding hydrogens is 349 g/mol. The van der Waals surface area contributed by atoms with Crippen LogP contribution in [-0.2, 0) is 11.3 Å². The fourth-order valence-electron chi connectivity index (χ4n) is 1.57. The monoisotopic (exact) mass is 357 g/mol. The van der Waals surface area contributed by atoms with E-state index in [1.54, 1.807) is 12.1 Å². The highest BCUT2D eigenvalue weighted by atomic mass is 79.9. The molecule has 0 amide bonds. The number of anilines is 1. The summed E-state index contributed by atoms with van der Waals surface area (Å²) in [5, 5.41) is 0.216. The predicted octanol–water partition coefficient (Wildman–Crippen LogP) is 4.18. The normalized spacial score (nSPS) is 10.3. The highest BCUT2D eigenvalue weighted by molar-refractivity contribution is 9.10. The van der Waals surface area contributed by atoms with E-state index in [1.165, 1.54) is 24.3 Å². The highest BCUT2D eigenvalue weighted by Crippen LogP contribution is 2.22. The molecule has 0 atom stereocenters. The van der Waals surface area contributed by atoms with E-state index in [1.807, 2.05) is 0 Å². The number of hydrogen-bond donors (Lipinski definition) is 1. The molecule has 0 aliphatic carbocycles. The number of rotatable bonds is 3. The third kappa shape index (κ3) is 3.49. The van der Waals surface area contributed by atoms with Crippen LogP contribution in [0.5, 0.6) is 0 Å². The van der Waals surface area contributed by atoms with E-state index in [2.05, 4.69) is 15.9 Å². The first-order chi connectivity index (χ1) is 9.47. The Hall–Kier alpha value is -1.59. The van der Waals surface area contributed by atoms with Gasteiger partial charge in [-0.25, -0.2) is 9.18 Å². The van der Waals surface area contributed by atoms with Crippen molar-refractivity contribution in [1.29, 1.82) is 0 Å². The van der Waals surface area contributed by atoms with Crippen LogP contribution >= 0.6 is 27.5 Å². The predicted molar refractivity (Wildman–Crippen MR) is 79.1 cm³/mol. The van der Waals surface area contributed by atoms with Crippen molar-refractivity contribution in [3.63, 3.8) is 0 Å². The van der Waals surface area contributed by atoms with Gasteiger partial charge >= 0.3 is 5.97 Å². The number of carbonyl (C=O) groups is 1. The second kappa shape index (κ2) is 6.24. The molecule has 0 saturated carbocycles. The Labute approximate surface area is 128 Å². The zero-order valence-corrected chi connectivity index (χ0v) is 12.5. The molecule has 0 saturated heterocycles. The number of nitrogen functional groups attached to an aromatic ring is 1. The van der Waals surface area contributed by atoms with Gasteiger partial charge < -0.3 is 10.5 Å². The highest BCUT2D eigenvalue weighted by Gasteiger charge is 2.13. The van der Waals surface area contributed by atoms with E-state index in [4.69, 9.17) is 22.1 Å². The van der Waals surface area contributed by atoms with Crippen molar-refractivity contribution in [3.05, 3.63) is 62.8 Å². The van der Waals surface area contributed by atoms with E-state index in [-0.39, 0.29) is 17.2 Å². The number of benzene rings is 2. The van der Waals surface area contributed by atoms with Gasteiger partial charge in [-0.2, -0.15) is 0 Å². The quantitative estimate of drug-likeness (QED) is 0.661. The van der Waals surface area contributed by atoms with Crippen LogP contribution in [0.1, 0.15) is 15.9 Å². The summed E-state index contributed by atoms with van der Waals surface area (Å²) in [6.07, 6.45) is 0. The van der Waals surface area contributed by atoms with Gasteiger partial charge in [0.1, 0.15) is 12.4 Å². The summed E-state index contributed by atoms with van der Waals surface area (Å²) >= 11 is 9.17. The summed E-state index contributed by atoms with van der Waals surface area (Å²) in [6.45, 7) is -0.0577. The topological polar surface area (TPSA) is 52.3 Å². The first-order valence-electron chi connectivity index (χ1n) is 5.63. The van der Waals surface area contributed by atoms with Crippen LogP contribution in [0.2, 0.25) is 5.02 Å². The van der Waals surface area contributed by atoms with Gasteiger partial charge in [-0.1, -0.05) is 27.5 Å². The average Bonchev–Trinajstić information content (AvgIpc) is 2.39. The summed E-state index contributed by atoms with van der Waals surface area (Å²) in [6, 6.07) is 8.67.